The number of nitrogens with zero attached hydrogens (tertiary/aromatic N) is 1. The normalized spacial score (nSPS) is 13.5. The van der Waals surface area contributed by atoms with Gasteiger partial charge < -0.3 is 5.11 Å². The summed E-state index contributed by atoms with van der Waals surface area (Å²) in [5.74, 6) is 0.264. The van der Waals surface area contributed by atoms with Crippen LogP contribution < -0.4 is 0 Å². The van der Waals surface area contributed by atoms with Crippen LogP contribution >= 0.6 is 0 Å². The van der Waals surface area contributed by atoms with E-state index >= 15 is 0 Å². The Hall–Kier alpha value is -1.38. The van der Waals surface area contributed by atoms with Crippen molar-refractivity contribution in [3.8, 4) is 0 Å². The van der Waals surface area contributed by atoms with E-state index in [2.05, 4.69) is 62.6 Å². The lowest BCUT2D eigenvalue weighted by Crippen LogP contribution is -2.25. The predicted octanol–water partition coefficient (Wildman–Crippen LogP) is 5.20. The van der Waals surface area contributed by atoms with E-state index in [0.29, 0.717) is 0 Å². The first-order chi connectivity index (χ1) is 11.6. The van der Waals surface area contributed by atoms with Gasteiger partial charge in [-0.05, 0) is 29.9 Å². The molecule has 0 spiro atoms. The van der Waals surface area contributed by atoms with Crippen LogP contribution in [0, 0.1) is 5.92 Å². The second-order valence-corrected chi connectivity index (χ2v) is 6.89. The van der Waals surface area contributed by atoms with Crippen LogP contribution in [0.3, 0.4) is 0 Å². The van der Waals surface area contributed by atoms with E-state index in [4.69, 9.17) is 0 Å². The molecule has 1 atom stereocenters. The van der Waals surface area contributed by atoms with Crippen molar-refractivity contribution in [2.75, 3.05) is 13.1 Å². The van der Waals surface area contributed by atoms with E-state index in [9.17, 15) is 5.11 Å². The van der Waals surface area contributed by atoms with Gasteiger partial charge in [0.05, 0.1) is 6.10 Å². The zero-order valence-electron chi connectivity index (χ0n) is 15.7. The van der Waals surface area contributed by atoms with Crippen LogP contribution in [0.15, 0.2) is 54.6 Å². The summed E-state index contributed by atoms with van der Waals surface area (Å²) in [7, 11) is 0. The summed E-state index contributed by atoms with van der Waals surface area (Å²) in [6.45, 7) is 12.9. The van der Waals surface area contributed by atoms with Crippen molar-refractivity contribution in [2.45, 2.75) is 59.1 Å². The zero-order chi connectivity index (χ0) is 17.8. The lowest BCUT2D eigenvalue weighted by atomic mass is 9.94. The molecule has 2 nitrogen and oxygen atoms in total. The first kappa shape index (κ1) is 20.7. The molecule has 1 aromatic rings. The molecule has 0 fully saturated rings. The molecule has 0 saturated carbocycles. The minimum atomic E-state index is -0.329. The maximum Gasteiger partial charge on any atom is 0.0773 e. The Labute approximate surface area is 148 Å². The van der Waals surface area contributed by atoms with Gasteiger partial charge in [0.25, 0.3) is 0 Å². The highest BCUT2D eigenvalue weighted by Gasteiger charge is 2.15. The highest BCUT2D eigenvalue weighted by atomic mass is 16.3. The van der Waals surface area contributed by atoms with Gasteiger partial charge in [-0.3, -0.25) is 4.90 Å². The van der Waals surface area contributed by atoms with Crippen LogP contribution in [-0.2, 0) is 6.54 Å². The first-order valence-corrected chi connectivity index (χ1v) is 9.32. The maximum absolute atomic E-state index is 10.5. The second-order valence-electron chi connectivity index (χ2n) is 6.89. The Kier molecular flexibility index (Phi) is 10.4. The number of hydrogen-bond acceptors (Lipinski definition) is 2. The zero-order valence-corrected chi connectivity index (χ0v) is 15.7. The van der Waals surface area contributed by atoms with Crippen molar-refractivity contribution in [1.82, 2.24) is 4.90 Å². The summed E-state index contributed by atoms with van der Waals surface area (Å²) in [5.41, 5.74) is 2.50. The fourth-order valence-electron chi connectivity index (χ4n) is 2.85. The summed E-state index contributed by atoms with van der Waals surface area (Å²) in [6.07, 6.45) is 8.46. The molecular formula is C22H35NO. The van der Waals surface area contributed by atoms with Crippen molar-refractivity contribution in [3.63, 3.8) is 0 Å². The molecule has 2 heteroatoms. The van der Waals surface area contributed by atoms with Gasteiger partial charge >= 0.3 is 0 Å². The molecular weight excluding hydrogens is 294 g/mol. The minimum absolute atomic E-state index is 0.264. The van der Waals surface area contributed by atoms with Gasteiger partial charge in [-0.15, -0.1) is 6.58 Å². The number of benzene rings is 1. The van der Waals surface area contributed by atoms with Crippen molar-refractivity contribution in [1.29, 1.82) is 0 Å². The van der Waals surface area contributed by atoms with Crippen LogP contribution in [0.2, 0.25) is 0 Å². The van der Waals surface area contributed by atoms with Gasteiger partial charge in [0.1, 0.15) is 0 Å². The molecule has 0 aliphatic rings. The molecule has 1 aromatic carbocycles. The number of hydrogen-bond donors (Lipinski definition) is 1. The maximum atomic E-state index is 10.5. The Balaban J connectivity index is 2.74. The van der Waals surface area contributed by atoms with Crippen molar-refractivity contribution < 1.29 is 5.11 Å². The van der Waals surface area contributed by atoms with E-state index < -0.39 is 0 Å². The van der Waals surface area contributed by atoms with Gasteiger partial charge in [0.15, 0.2) is 0 Å². The monoisotopic (exact) mass is 329 g/mol. The molecule has 1 rings (SSSR count). The summed E-state index contributed by atoms with van der Waals surface area (Å²) in [4.78, 5) is 2.36. The summed E-state index contributed by atoms with van der Waals surface area (Å²) in [5, 5.41) is 10.5. The van der Waals surface area contributed by atoms with Crippen molar-refractivity contribution in [3.05, 3.63) is 60.2 Å². The Morgan fingerprint density at radius 2 is 1.88 bits per heavy atom. The fraction of sp³-hybridized carbons (Fsp3) is 0.545. The van der Waals surface area contributed by atoms with Gasteiger partial charge in [-0.25, -0.2) is 0 Å². The lowest BCUT2D eigenvalue weighted by Gasteiger charge is -2.23. The van der Waals surface area contributed by atoms with Crippen LogP contribution in [0.1, 0.15) is 52.0 Å². The average Bonchev–Trinajstić information content (AvgIpc) is 2.58. The molecule has 0 heterocycles. The summed E-state index contributed by atoms with van der Waals surface area (Å²) >= 11 is 0. The average molecular weight is 330 g/mol. The Morgan fingerprint density at radius 1 is 1.17 bits per heavy atom. The molecule has 134 valence electrons. The van der Waals surface area contributed by atoms with Gasteiger partial charge in [-0.2, -0.15) is 0 Å². The Bertz CT molecular complexity index is 478. The number of rotatable bonds is 12. The van der Waals surface area contributed by atoms with Gasteiger partial charge in [0.2, 0.25) is 0 Å². The molecule has 0 bridgehead atoms. The molecule has 0 amide bonds. The molecule has 0 aromatic heterocycles. The third kappa shape index (κ3) is 7.94. The standard InChI is InChI=1S/C22H35NO/c1-5-7-9-14-21(22(24)19(3)4)15-17-23(16-6-2)18-20-12-10-8-11-13-20/h6,8,10-13,15,19,22,24H,2,5,7,9,14,16-18H2,1,3-4H3/b21-15-. The summed E-state index contributed by atoms with van der Waals surface area (Å²) in [6, 6.07) is 10.5. The van der Waals surface area contributed by atoms with Gasteiger partial charge in [-0.1, -0.05) is 76.1 Å². The molecule has 0 aliphatic carbocycles. The quantitative estimate of drug-likeness (QED) is 0.421. The predicted molar refractivity (Wildman–Crippen MR) is 105 cm³/mol. The largest absolute Gasteiger partial charge is 0.388 e. The molecule has 1 unspecified atom stereocenters. The van der Waals surface area contributed by atoms with E-state index in [0.717, 1.165) is 32.5 Å². The Morgan fingerprint density at radius 3 is 2.46 bits per heavy atom. The van der Waals surface area contributed by atoms with E-state index in [1.807, 2.05) is 12.1 Å². The highest BCUT2D eigenvalue weighted by molar-refractivity contribution is 5.15. The summed E-state index contributed by atoms with van der Waals surface area (Å²) < 4.78 is 0. The van der Waals surface area contributed by atoms with E-state index in [1.54, 1.807) is 0 Å². The number of aliphatic hydroxyl groups is 1. The number of unbranched alkanes of at least 4 members (excludes halogenated alkanes) is 2. The van der Waals surface area contributed by atoms with Crippen LogP contribution in [-0.4, -0.2) is 29.2 Å². The molecule has 1 N–H and O–H groups in total. The molecule has 0 aliphatic heterocycles. The third-order valence-corrected chi connectivity index (χ3v) is 4.33. The highest BCUT2D eigenvalue weighted by Crippen LogP contribution is 2.19. The lowest BCUT2D eigenvalue weighted by molar-refractivity contribution is 0.155. The van der Waals surface area contributed by atoms with Crippen LogP contribution in [0.5, 0.6) is 0 Å². The molecule has 24 heavy (non-hydrogen) atoms. The second kappa shape index (κ2) is 12.0. The SMILES string of the molecule is C=CCN(C/C=C(/CCCCC)C(O)C(C)C)Cc1ccccc1. The first-order valence-electron chi connectivity index (χ1n) is 9.32. The molecule has 0 radical (unpaired) electrons. The smallest absolute Gasteiger partial charge is 0.0773 e. The van der Waals surface area contributed by atoms with E-state index in [-0.39, 0.29) is 12.0 Å². The van der Waals surface area contributed by atoms with E-state index in [1.165, 1.54) is 24.0 Å². The topological polar surface area (TPSA) is 23.5 Å². The third-order valence-electron chi connectivity index (χ3n) is 4.33. The fourth-order valence-corrected chi connectivity index (χ4v) is 2.85. The minimum Gasteiger partial charge on any atom is -0.388 e. The van der Waals surface area contributed by atoms with Crippen molar-refractivity contribution >= 4 is 0 Å². The van der Waals surface area contributed by atoms with Crippen LogP contribution in [0.25, 0.3) is 0 Å². The van der Waals surface area contributed by atoms with Crippen molar-refractivity contribution in [2.24, 2.45) is 5.92 Å². The number of aliphatic hydroxyl groups excluding tert-OH is 1. The molecule has 0 saturated heterocycles. The van der Waals surface area contributed by atoms with Crippen LogP contribution in [0.4, 0.5) is 0 Å². The van der Waals surface area contributed by atoms with Gasteiger partial charge in [0, 0.05) is 19.6 Å².